The first-order valence-electron chi connectivity index (χ1n) is 7.62. The maximum absolute atomic E-state index is 12.9. The van der Waals surface area contributed by atoms with Gasteiger partial charge in [-0.25, -0.2) is 0 Å². The van der Waals surface area contributed by atoms with Crippen LogP contribution >= 0.6 is 11.6 Å². The number of benzene rings is 2. The van der Waals surface area contributed by atoms with Crippen LogP contribution in [-0.4, -0.2) is 9.78 Å². The highest BCUT2D eigenvalue weighted by Crippen LogP contribution is 2.26. The highest BCUT2D eigenvalue weighted by atomic mass is 35.5. The molecule has 0 bridgehead atoms. The number of aryl methyl sites for hydroxylation is 1. The van der Waals surface area contributed by atoms with Gasteiger partial charge in [0.1, 0.15) is 5.69 Å². The van der Waals surface area contributed by atoms with E-state index in [2.05, 4.69) is 12.0 Å². The van der Waals surface area contributed by atoms with Crippen LogP contribution in [0.15, 0.2) is 65.6 Å². The highest BCUT2D eigenvalue weighted by Gasteiger charge is 2.14. The quantitative estimate of drug-likeness (QED) is 0.700. The van der Waals surface area contributed by atoms with Crippen molar-refractivity contribution >= 4 is 11.6 Å². The van der Waals surface area contributed by atoms with E-state index in [1.165, 1.54) is 0 Å². The van der Waals surface area contributed by atoms with E-state index in [9.17, 15) is 4.79 Å². The number of hydrogen-bond acceptors (Lipinski definition) is 2. The van der Waals surface area contributed by atoms with E-state index in [0.29, 0.717) is 16.3 Å². The molecular formula is C19H17ClN2O. The maximum Gasteiger partial charge on any atom is 0.215 e. The van der Waals surface area contributed by atoms with Crippen LogP contribution in [0.1, 0.15) is 13.3 Å². The first kappa shape index (κ1) is 15.5. The molecule has 0 unspecified atom stereocenters. The molecule has 3 nitrogen and oxygen atoms in total. The van der Waals surface area contributed by atoms with Crippen molar-refractivity contribution < 1.29 is 0 Å². The molecule has 3 aromatic rings. The Labute approximate surface area is 140 Å². The minimum atomic E-state index is -0.100. The van der Waals surface area contributed by atoms with Crippen molar-refractivity contribution in [1.82, 2.24) is 9.78 Å². The molecule has 1 heterocycles. The summed E-state index contributed by atoms with van der Waals surface area (Å²) in [5, 5.41) is 5.08. The third kappa shape index (κ3) is 3.20. The zero-order valence-electron chi connectivity index (χ0n) is 12.9. The Hall–Kier alpha value is -2.39. The Morgan fingerprint density at radius 2 is 1.70 bits per heavy atom. The van der Waals surface area contributed by atoms with Crippen LogP contribution in [0.2, 0.25) is 5.02 Å². The van der Waals surface area contributed by atoms with Gasteiger partial charge in [0.2, 0.25) is 5.43 Å². The summed E-state index contributed by atoms with van der Waals surface area (Å²) in [5.41, 5.74) is 2.49. The van der Waals surface area contributed by atoms with E-state index in [4.69, 9.17) is 11.6 Å². The van der Waals surface area contributed by atoms with Crippen LogP contribution in [0, 0.1) is 0 Å². The van der Waals surface area contributed by atoms with E-state index in [1.54, 1.807) is 12.3 Å². The van der Waals surface area contributed by atoms with Crippen LogP contribution in [0.5, 0.6) is 0 Å². The largest absolute Gasteiger partial charge is 0.287 e. The van der Waals surface area contributed by atoms with Gasteiger partial charge < -0.3 is 0 Å². The average Bonchev–Trinajstić information content (AvgIpc) is 2.58. The first-order chi connectivity index (χ1) is 11.2. The van der Waals surface area contributed by atoms with Crippen molar-refractivity contribution in [3.63, 3.8) is 0 Å². The van der Waals surface area contributed by atoms with Gasteiger partial charge in [-0.2, -0.15) is 5.10 Å². The van der Waals surface area contributed by atoms with Crippen molar-refractivity contribution in [3.05, 3.63) is 76.0 Å². The predicted octanol–water partition coefficient (Wildman–Crippen LogP) is 4.64. The topological polar surface area (TPSA) is 34.9 Å². The van der Waals surface area contributed by atoms with Gasteiger partial charge in [0, 0.05) is 28.9 Å². The molecule has 0 saturated carbocycles. The second kappa shape index (κ2) is 6.80. The number of rotatable bonds is 4. The molecule has 1 aromatic heterocycles. The fourth-order valence-corrected chi connectivity index (χ4v) is 2.78. The van der Waals surface area contributed by atoms with Crippen molar-refractivity contribution in [3.8, 4) is 22.4 Å². The monoisotopic (exact) mass is 324 g/mol. The summed E-state index contributed by atoms with van der Waals surface area (Å²) in [6.07, 6.45) is 2.73. The first-order valence-corrected chi connectivity index (χ1v) is 8.00. The third-order valence-corrected chi connectivity index (χ3v) is 3.96. The molecule has 0 radical (unpaired) electrons. The molecule has 0 saturated heterocycles. The Bertz CT molecular complexity index is 872. The third-order valence-electron chi connectivity index (χ3n) is 3.63. The molecule has 0 spiro atoms. The summed E-state index contributed by atoms with van der Waals surface area (Å²) >= 11 is 6.29. The van der Waals surface area contributed by atoms with Crippen LogP contribution < -0.4 is 5.43 Å². The summed E-state index contributed by atoms with van der Waals surface area (Å²) in [4.78, 5) is 12.9. The van der Waals surface area contributed by atoms with E-state index >= 15 is 0 Å². The highest BCUT2D eigenvalue weighted by molar-refractivity contribution is 6.33. The zero-order valence-corrected chi connectivity index (χ0v) is 13.6. The van der Waals surface area contributed by atoms with Gasteiger partial charge in [-0.05, 0) is 12.5 Å². The average molecular weight is 325 g/mol. The van der Waals surface area contributed by atoms with Gasteiger partial charge in [-0.1, -0.05) is 67.1 Å². The van der Waals surface area contributed by atoms with Crippen molar-refractivity contribution in [2.75, 3.05) is 0 Å². The molecule has 0 fully saturated rings. The van der Waals surface area contributed by atoms with Crippen LogP contribution in [-0.2, 0) is 6.54 Å². The maximum atomic E-state index is 12.9. The van der Waals surface area contributed by atoms with E-state index in [1.807, 2.05) is 53.2 Å². The summed E-state index contributed by atoms with van der Waals surface area (Å²) < 4.78 is 1.82. The number of halogens is 1. The second-order valence-electron chi connectivity index (χ2n) is 5.33. The van der Waals surface area contributed by atoms with Gasteiger partial charge in [-0.15, -0.1) is 0 Å². The fraction of sp³-hybridized carbons (Fsp3) is 0.158. The van der Waals surface area contributed by atoms with E-state index in [-0.39, 0.29) is 5.43 Å². The SMILES string of the molecule is CCCn1cc(-c2ccccc2Cl)c(=O)c(-c2ccccc2)n1. The fourth-order valence-electron chi connectivity index (χ4n) is 2.54. The van der Waals surface area contributed by atoms with Crippen molar-refractivity contribution in [2.24, 2.45) is 0 Å². The van der Waals surface area contributed by atoms with Crippen molar-refractivity contribution in [2.45, 2.75) is 19.9 Å². The Morgan fingerprint density at radius 1 is 1.00 bits per heavy atom. The smallest absolute Gasteiger partial charge is 0.215 e. The standard InChI is InChI=1S/C19H17ClN2O/c1-2-12-22-13-16(15-10-6-7-11-17(15)20)19(23)18(21-22)14-8-4-3-5-9-14/h3-11,13H,2,12H2,1H3. The second-order valence-corrected chi connectivity index (χ2v) is 5.74. The molecule has 23 heavy (non-hydrogen) atoms. The van der Waals surface area contributed by atoms with Gasteiger partial charge in [0.05, 0.1) is 5.56 Å². The van der Waals surface area contributed by atoms with E-state index in [0.717, 1.165) is 24.1 Å². The normalized spacial score (nSPS) is 10.7. The summed E-state index contributed by atoms with van der Waals surface area (Å²) in [6, 6.07) is 16.9. The minimum Gasteiger partial charge on any atom is -0.287 e. The molecule has 116 valence electrons. The van der Waals surface area contributed by atoms with Crippen LogP contribution in [0.4, 0.5) is 0 Å². The van der Waals surface area contributed by atoms with Crippen LogP contribution in [0.3, 0.4) is 0 Å². The molecule has 3 rings (SSSR count). The van der Waals surface area contributed by atoms with Gasteiger partial charge in [-0.3, -0.25) is 9.48 Å². The number of hydrogen-bond donors (Lipinski definition) is 0. The van der Waals surface area contributed by atoms with Crippen LogP contribution in [0.25, 0.3) is 22.4 Å². The lowest BCUT2D eigenvalue weighted by atomic mass is 10.0. The molecule has 0 amide bonds. The van der Waals surface area contributed by atoms with Crippen molar-refractivity contribution in [1.29, 1.82) is 0 Å². The molecule has 4 heteroatoms. The molecule has 0 aliphatic heterocycles. The molecular weight excluding hydrogens is 308 g/mol. The molecule has 2 aromatic carbocycles. The molecule has 0 aliphatic rings. The summed E-state index contributed by atoms with van der Waals surface area (Å²) in [5.74, 6) is 0. The number of aromatic nitrogens is 2. The Kier molecular flexibility index (Phi) is 4.58. The lowest BCUT2D eigenvalue weighted by Gasteiger charge is -2.11. The molecule has 0 N–H and O–H groups in total. The minimum absolute atomic E-state index is 0.100. The van der Waals surface area contributed by atoms with Gasteiger partial charge in [0.15, 0.2) is 0 Å². The lowest BCUT2D eigenvalue weighted by molar-refractivity contribution is 0.590. The summed E-state index contributed by atoms with van der Waals surface area (Å²) in [6.45, 7) is 2.83. The van der Waals surface area contributed by atoms with Gasteiger partial charge in [0.25, 0.3) is 0 Å². The predicted molar refractivity (Wildman–Crippen MR) is 94.7 cm³/mol. The molecule has 0 aliphatic carbocycles. The Balaban J connectivity index is 2.26. The lowest BCUT2D eigenvalue weighted by Crippen LogP contribution is -2.17. The van der Waals surface area contributed by atoms with Gasteiger partial charge >= 0.3 is 0 Å². The zero-order chi connectivity index (χ0) is 16.2. The summed E-state index contributed by atoms with van der Waals surface area (Å²) in [7, 11) is 0. The van der Waals surface area contributed by atoms with E-state index < -0.39 is 0 Å². The number of nitrogens with zero attached hydrogens (tertiary/aromatic N) is 2. The Morgan fingerprint density at radius 3 is 2.39 bits per heavy atom. The molecule has 0 atom stereocenters.